The molecule has 3 rings (SSSR count). The van der Waals surface area contributed by atoms with Crippen LogP contribution in [0.4, 0.5) is 0 Å². The molecule has 0 unspecified atom stereocenters. The van der Waals surface area contributed by atoms with Crippen molar-refractivity contribution in [2.24, 2.45) is 0 Å². The van der Waals surface area contributed by atoms with E-state index in [9.17, 15) is 0 Å². The SMILES string of the molecule is Cl.Cl.Clc1ccc(Cl)c([C@@H](c2cccs2)N2CCNCC2)c1. The minimum atomic E-state index is 0. The zero-order chi connectivity index (χ0) is 13.9. The van der Waals surface area contributed by atoms with Crippen molar-refractivity contribution >= 4 is 59.4 Å². The third-order valence-corrected chi connectivity index (χ3v) is 5.09. The highest BCUT2D eigenvalue weighted by atomic mass is 35.5. The Kier molecular flexibility index (Phi) is 8.50. The summed E-state index contributed by atoms with van der Waals surface area (Å²) in [7, 11) is 0. The molecule has 1 aromatic heterocycles. The van der Waals surface area contributed by atoms with Crippen LogP contribution in [0, 0.1) is 0 Å². The molecule has 0 radical (unpaired) electrons. The molecule has 2 heterocycles. The molecule has 1 aliphatic heterocycles. The van der Waals surface area contributed by atoms with Crippen LogP contribution in [-0.2, 0) is 0 Å². The molecule has 0 spiro atoms. The number of rotatable bonds is 3. The van der Waals surface area contributed by atoms with Crippen molar-refractivity contribution in [2.75, 3.05) is 26.2 Å². The lowest BCUT2D eigenvalue weighted by Crippen LogP contribution is -2.45. The Hall–Kier alpha value is -0.000000000000000139. The third kappa shape index (κ3) is 4.51. The van der Waals surface area contributed by atoms with Crippen LogP contribution in [0.3, 0.4) is 0 Å². The molecule has 2 nitrogen and oxygen atoms in total. The summed E-state index contributed by atoms with van der Waals surface area (Å²) in [6, 6.07) is 10.2. The molecule has 122 valence electrons. The van der Waals surface area contributed by atoms with Gasteiger partial charge in [-0.3, -0.25) is 4.90 Å². The maximum absolute atomic E-state index is 6.43. The summed E-state index contributed by atoms with van der Waals surface area (Å²) in [6.07, 6.45) is 0. The molecule has 1 fully saturated rings. The molecule has 0 aliphatic carbocycles. The summed E-state index contributed by atoms with van der Waals surface area (Å²) in [6.45, 7) is 4.07. The molecule has 0 amide bonds. The molecule has 22 heavy (non-hydrogen) atoms. The van der Waals surface area contributed by atoms with Crippen LogP contribution < -0.4 is 5.32 Å². The molecule has 1 aliphatic rings. The fourth-order valence-electron chi connectivity index (χ4n) is 2.64. The summed E-state index contributed by atoms with van der Waals surface area (Å²) in [5, 5.41) is 7.03. The number of nitrogens with one attached hydrogen (secondary N) is 1. The molecule has 0 saturated carbocycles. The van der Waals surface area contributed by atoms with E-state index < -0.39 is 0 Å². The number of halogens is 4. The Morgan fingerprint density at radius 1 is 1.09 bits per heavy atom. The maximum atomic E-state index is 6.43. The largest absolute Gasteiger partial charge is 0.314 e. The predicted octanol–water partition coefficient (Wildman–Crippen LogP) is 4.89. The average molecular weight is 400 g/mol. The minimum Gasteiger partial charge on any atom is -0.314 e. The number of piperazine rings is 1. The number of hydrogen-bond acceptors (Lipinski definition) is 3. The van der Waals surface area contributed by atoms with E-state index in [-0.39, 0.29) is 30.9 Å². The highest BCUT2D eigenvalue weighted by Gasteiger charge is 2.26. The molecule has 1 N–H and O–H groups in total. The Bertz CT molecular complexity index is 571. The van der Waals surface area contributed by atoms with Gasteiger partial charge in [0.05, 0.1) is 6.04 Å². The molecule has 1 atom stereocenters. The second-order valence-electron chi connectivity index (χ2n) is 4.87. The van der Waals surface area contributed by atoms with E-state index >= 15 is 0 Å². The van der Waals surface area contributed by atoms with Crippen LogP contribution in [0.2, 0.25) is 10.0 Å². The van der Waals surface area contributed by atoms with E-state index in [2.05, 4.69) is 27.7 Å². The minimum absolute atomic E-state index is 0. The van der Waals surface area contributed by atoms with Crippen LogP contribution in [0.1, 0.15) is 16.5 Å². The maximum Gasteiger partial charge on any atom is 0.0712 e. The lowest BCUT2D eigenvalue weighted by molar-refractivity contribution is 0.201. The van der Waals surface area contributed by atoms with Crippen LogP contribution >= 0.6 is 59.4 Å². The van der Waals surface area contributed by atoms with Gasteiger partial charge in [-0.25, -0.2) is 0 Å². The molecule has 0 bridgehead atoms. The zero-order valence-electron chi connectivity index (χ0n) is 11.8. The number of benzene rings is 1. The van der Waals surface area contributed by atoms with Crippen molar-refractivity contribution in [2.45, 2.75) is 6.04 Å². The molecule has 2 aromatic rings. The van der Waals surface area contributed by atoms with Gasteiger partial charge in [-0.05, 0) is 35.2 Å². The third-order valence-electron chi connectivity index (χ3n) is 3.58. The number of nitrogens with zero attached hydrogens (tertiary/aromatic N) is 1. The summed E-state index contributed by atoms with van der Waals surface area (Å²) in [5.41, 5.74) is 1.10. The first-order chi connectivity index (χ1) is 9.75. The zero-order valence-corrected chi connectivity index (χ0v) is 15.8. The highest BCUT2D eigenvalue weighted by molar-refractivity contribution is 7.10. The van der Waals surface area contributed by atoms with Crippen molar-refractivity contribution in [3.63, 3.8) is 0 Å². The van der Waals surface area contributed by atoms with Gasteiger partial charge in [0.2, 0.25) is 0 Å². The lowest BCUT2D eigenvalue weighted by Gasteiger charge is -2.35. The van der Waals surface area contributed by atoms with E-state index in [1.165, 1.54) is 4.88 Å². The average Bonchev–Trinajstić information content (AvgIpc) is 2.98. The smallest absolute Gasteiger partial charge is 0.0712 e. The van der Waals surface area contributed by atoms with Gasteiger partial charge < -0.3 is 5.32 Å². The summed E-state index contributed by atoms with van der Waals surface area (Å²) < 4.78 is 0. The molecular formula is C15H18Cl4N2S. The number of thiophene rings is 1. The Balaban J connectivity index is 0.00000121. The molecule has 7 heteroatoms. The van der Waals surface area contributed by atoms with Crippen molar-refractivity contribution < 1.29 is 0 Å². The first-order valence-corrected chi connectivity index (χ1v) is 8.32. The van der Waals surface area contributed by atoms with E-state index in [4.69, 9.17) is 23.2 Å². The van der Waals surface area contributed by atoms with Gasteiger partial charge in [0, 0.05) is 41.1 Å². The van der Waals surface area contributed by atoms with E-state index in [1.807, 2.05) is 18.2 Å². The van der Waals surface area contributed by atoms with Gasteiger partial charge in [0.15, 0.2) is 0 Å². The predicted molar refractivity (Wildman–Crippen MR) is 102 cm³/mol. The van der Waals surface area contributed by atoms with Crippen LogP contribution in [0.15, 0.2) is 35.7 Å². The first-order valence-electron chi connectivity index (χ1n) is 6.69. The quantitative estimate of drug-likeness (QED) is 0.789. The van der Waals surface area contributed by atoms with Crippen molar-refractivity contribution in [1.29, 1.82) is 0 Å². The topological polar surface area (TPSA) is 15.3 Å². The van der Waals surface area contributed by atoms with Gasteiger partial charge in [0.25, 0.3) is 0 Å². The standard InChI is InChI=1S/C15H16Cl2N2S.2ClH/c16-11-3-4-13(17)12(10-11)15(14-2-1-9-20-14)19-7-5-18-6-8-19;;/h1-4,9-10,15,18H,5-8H2;2*1H/t15-;;/m0../s1. The van der Waals surface area contributed by atoms with E-state index in [0.717, 1.165) is 41.8 Å². The van der Waals surface area contributed by atoms with Crippen molar-refractivity contribution in [3.8, 4) is 0 Å². The fraction of sp³-hybridized carbons (Fsp3) is 0.333. The fourth-order valence-corrected chi connectivity index (χ4v) is 3.92. The lowest BCUT2D eigenvalue weighted by atomic mass is 10.0. The molecule has 1 saturated heterocycles. The monoisotopic (exact) mass is 398 g/mol. The van der Waals surface area contributed by atoms with Gasteiger partial charge in [-0.15, -0.1) is 36.2 Å². The van der Waals surface area contributed by atoms with Gasteiger partial charge in [-0.1, -0.05) is 29.3 Å². The second-order valence-corrected chi connectivity index (χ2v) is 6.69. The van der Waals surface area contributed by atoms with Crippen molar-refractivity contribution in [1.82, 2.24) is 10.2 Å². The Morgan fingerprint density at radius 2 is 1.82 bits per heavy atom. The van der Waals surface area contributed by atoms with Gasteiger partial charge in [0.1, 0.15) is 0 Å². The summed E-state index contributed by atoms with van der Waals surface area (Å²) in [5.74, 6) is 0. The normalized spacial score (nSPS) is 16.5. The first kappa shape index (κ1) is 20.0. The number of hydrogen-bond donors (Lipinski definition) is 1. The van der Waals surface area contributed by atoms with Crippen LogP contribution in [0.25, 0.3) is 0 Å². The second kappa shape index (κ2) is 9.33. The van der Waals surface area contributed by atoms with Gasteiger partial charge >= 0.3 is 0 Å². The van der Waals surface area contributed by atoms with Crippen LogP contribution in [-0.4, -0.2) is 31.1 Å². The highest BCUT2D eigenvalue weighted by Crippen LogP contribution is 2.37. The summed E-state index contributed by atoms with van der Waals surface area (Å²) in [4.78, 5) is 3.79. The van der Waals surface area contributed by atoms with E-state index in [1.54, 1.807) is 11.3 Å². The van der Waals surface area contributed by atoms with Crippen molar-refractivity contribution in [3.05, 3.63) is 56.2 Å². The molecule has 1 aromatic carbocycles. The Morgan fingerprint density at radius 3 is 2.45 bits per heavy atom. The van der Waals surface area contributed by atoms with Gasteiger partial charge in [-0.2, -0.15) is 0 Å². The molecular weight excluding hydrogens is 382 g/mol. The van der Waals surface area contributed by atoms with Crippen LogP contribution in [0.5, 0.6) is 0 Å². The van der Waals surface area contributed by atoms with E-state index in [0.29, 0.717) is 0 Å². The summed E-state index contributed by atoms with van der Waals surface area (Å²) >= 11 is 14.4. The Labute approximate surface area is 157 Å².